The zero-order chi connectivity index (χ0) is 18.7. The van der Waals surface area contributed by atoms with E-state index in [1.807, 2.05) is 25.1 Å². The maximum Gasteiger partial charge on any atom is 0.321 e. The molecule has 26 heavy (non-hydrogen) atoms. The number of urea groups is 1. The number of anilines is 3. The molecule has 0 unspecified atom stereocenters. The first-order chi connectivity index (χ1) is 12.4. The van der Waals surface area contributed by atoms with Crippen molar-refractivity contribution in [2.75, 3.05) is 55.4 Å². The van der Waals surface area contributed by atoms with Crippen molar-refractivity contribution in [3.05, 3.63) is 41.3 Å². The van der Waals surface area contributed by atoms with Crippen molar-refractivity contribution in [1.82, 2.24) is 15.1 Å². The number of hydrogen-bond donors (Lipinski definition) is 1. The van der Waals surface area contributed by atoms with Crippen molar-refractivity contribution >= 4 is 34.8 Å². The second-order valence-electron chi connectivity index (χ2n) is 6.20. The lowest BCUT2D eigenvalue weighted by Gasteiger charge is -2.35. The summed E-state index contributed by atoms with van der Waals surface area (Å²) in [5.74, 6) is 0.279. The molecule has 0 aliphatic carbocycles. The van der Waals surface area contributed by atoms with Crippen molar-refractivity contribution < 1.29 is 9.18 Å². The number of piperazine rings is 1. The van der Waals surface area contributed by atoms with Gasteiger partial charge in [-0.3, -0.25) is 0 Å². The van der Waals surface area contributed by atoms with E-state index in [1.165, 1.54) is 18.2 Å². The molecule has 1 fully saturated rings. The van der Waals surface area contributed by atoms with Gasteiger partial charge in [-0.15, -0.1) is 5.10 Å². The molecular formula is C17H20ClFN6O. The molecule has 0 bridgehead atoms. The first-order valence-electron chi connectivity index (χ1n) is 8.20. The number of carbonyl (C=O) groups excluding carboxylic acids is 1. The number of nitrogens with zero attached hydrogens (tertiary/aromatic N) is 5. The van der Waals surface area contributed by atoms with Gasteiger partial charge in [0.05, 0.1) is 16.9 Å². The van der Waals surface area contributed by atoms with Crippen molar-refractivity contribution in [3.8, 4) is 0 Å². The molecule has 1 N–H and O–H groups in total. The number of carbonyl (C=O) groups is 1. The van der Waals surface area contributed by atoms with Gasteiger partial charge in [-0.1, -0.05) is 11.6 Å². The zero-order valence-corrected chi connectivity index (χ0v) is 15.4. The minimum absolute atomic E-state index is 0.0213. The van der Waals surface area contributed by atoms with E-state index in [0.29, 0.717) is 31.9 Å². The van der Waals surface area contributed by atoms with Crippen molar-refractivity contribution in [3.63, 3.8) is 0 Å². The van der Waals surface area contributed by atoms with Crippen LogP contribution in [0.3, 0.4) is 0 Å². The molecule has 2 aromatic rings. The third kappa shape index (κ3) is 4.13. The molecular weight excluding hydrogens is 359 g/mol. The Morgan fingerprint density at radius 1 is 1.23 bits per heavy atom. The van der Waals surface area contributed by atoms with E-state index in [-0.39, 0.29) is 11.1 Å². The van der Waals surface area contributed by atoms with Crippen LogP contribution in [-0.4, -0.2) is 61.4 Å². The molecule has 7 nitrogen and oxygen atoms in total. The monoisotopic (exact) mass is 378 g/mol. The highest BCUT2D eigenvalue weighted by atomic mass is 35.5. The lowest BCUT2D eigenvalue weighted by molar-refractivity contribution is 0.208. The average Bonchev–Trinajstić information content (AvgIpc) is 2.65. The predicted molar refractivity (Wildman–Crippen MR) is 101 cm³/mol. The van der Waals surface area contributed by atoms with Crippen LogP contribution in [0, 0.1) is 5.82 Å². The molecule has 1 aromatic heterocycles. The lowest BCUT2D eigenvalue weighted by Crippen LogP contribution is -2.50. The minimum Gasteiger partial charge on any atom is -0.376 e. The summed E-state index contributed by atoms with van der Waals surface area (Å²) in [6.07, 6.45) is 1.71. The van der Waals surface area contributed by atoms with E-state index in [0.717, 1.165) is 11.5 Å². The van der Waals surface area contributed by atoms with Gasteiger partial charge in [0, 0.05) is 52.0 Å². The Morgan fingerprint density at radius 2 is 1.96 bits per heavy atom. The maximum absolute atomic E-state index is 13.2. The van der Waals surface area contributed by atoms with E-state index in [2.05, 4.69) is 20.4 Å². The zero-order valence-electron chi connectivity index (χ0n) is 14.6. The predicted octanol–water partition coefficient (Wildman–Crippen LogP) is 2.69. The van der Waals surface area contributed by atoms with E-state index >= 15 is 0 Å². The molecule has 1 aromatic carbocycles. The van der Waals surface area contributed by atoms with E-state index in [9.17, 15) is 9.18 Å². The fourth-order valence-corrected chi connectivity index (χ4v) is 2.84. The summed E-state index contributed by atoms with van der Waals surface area (Å²) in [5.41, 5.74) is 1.44. The molecule has 1 aliphatic heterocycles. The molecule has 3 rings (SSSR count). The summed E-state index contributed by atoms with van der Waals surface area (Å²) in [5, 5.41) is 10.9. The Labute approximate surface area is 156 Å². The molecule has 0 spiro atoms. The van der Waals surface area contributed by atoms with Crippen LogP contribution in [0.15, 0.2) is 30.5 Å². The third-order valence-electron chi connectivity index (χ3n) is 4.21. The first kappa shape index (κ1) is 18.2. The Hall–Kier alpha value is -2.61. The summed E-state index contributed by atoms with van der Waals surface area (Å²) < 4.78 is 13.2. The second kappa shape index (κ2) is 7.74. The molecule has 138 valence electrons. The van der Waals surface area contributed by atoms with Gasteiger partial charge in [-0.05, 0) is 18.2 Å². The van der Waals surface area contributed by atoms with Crippen molar-refractivity contribution in [2.45, 2.75) is 0 Å². The number of aromatic nitrogens is 2. The van der Waals surface area contributed by atoms with E-state index < -0.39 is 5.82 Å². The van der Waals surface area contributed by atoms with Crippen LogP contribution in [0.4, 0.5) is 26.4 Å². The van der Waals surface area contributed by atoms with Gasteiger partial charge < -0.3 is 20.0 Å². The standard InChI is InChI=1S/C17H20ClFN6O/c1-23(2)13-10-16(22-20-11-13)24-5-7-25(8-6-24)17(26)21-12-3-4-15(19)14(18)9-12/h3-4,9-11H,5-8H2,1-2H3,(H,21,26). The highest BCUT2D eigenvalue weighted by molar-refractivity contribution is 6.31. The van der Waals surface area contributed by atoms with E-state index in [1.54, 1.807) is 11.1 Å². The minimum atomic E-state index is -0.514. The molecule has 1 aliphatic rings. The molecule has 1 saturated heterocycles. The molecule has 0 saturated carbocycles. The third-order valence-corrected chi connectivity index (χ3v) is 4.49. The Kier molecular flexibility index (Phi) is 5.41. The molecule has 0 radical (unpaired) electrons. The second-order valence-corrected chi connectivity index (χ2v) is 6.61. The largest absolute Gasteiger partial charge is 0.376 e. The van der Waals surface area contributed by atoms with Crippen LogP contribution in [0.25, 0.3) is 0 Å². The number of rotatable bonds is 3. The smallest absolute Gasteiger partial charge is 0.321 e. The summed E-state index contributed by atoms with van der Waals surface area (Å²) in [6.45, 7) is 2.41. The fourth-order valence-electron chi connectivity index (χ4n) is 2.66. The van der Waals surface area contributed by atoms with Crippen molar-refractivity contribution in [1.29, 1.82) is 0 Å². The highest BCUT2D eigenvalue weighted by Gasteiger charge is 2.22. The highest BCUT2D eigenvalue weighted by Crippen LogP contribution is 2.21. The normalized spacial score (nSPS) is 14.3. The van der Waals surface area contributed by atoms with Crippen LogP contribution in [0.5, 0.6) is 0 Å². The molecule has 0 atom stereocenters. The summed E-state index contributed by atoms with van der Waals surface area (Å²) in [4.78, 5) is 18.1. The van der Waals surface area contributed by atoms with Crippen LogP contribution in [-0.2, 0) is 0 Å². The quantitative estimate of drug-likeness (QED) is 0.889. The van der Waals surface area contributed by atoms with Gasteiger partial charge in [0.1, 0.15) is 5.82 Å². The van der Waals surface area contributed by atoms with Crippen LogP contribution < -0.4 is 15.1 Å². The summed E-state index contributed by atoms with van der Waals surface area (Å²) in [6, 6.07) is 5.85. The van der Waals surface area contributed by atoms with Crippen LogP contribution >= 0.6 is 11.6 Å². The Morgan fingerprint density at radius 3 is 2.62 bits per heavy atom. The molecule has 2 amide bonds. The number of halogens is 2. The Bertz CT molecular complexity index is 795. The fraction of sp³-hybridized carbons (Fsp3) is 0.353. The average molecular weight is 379 g/mol. The lowest BCUT2D eigenvalue weighted by atomic mass is 10.3. The number of hydrogen-bond acceptors (Lipinski definition) is 5. The van der Waals surface area contributed by atoms with E-state index in [4.69, 9.17) is 11.6 Å². The molecule has 2 heterocycles. The van der Waals surface area contributed by atoms with Gasteiger partial charge in [0.2, 0.25) is 0 Å². The van der Waals surface area contributed by atoms with Gasteiger partial charge in [-0.25, -0.2) is 9.18 Å². The SMILES string of the molecule is CN(C)c1cnnc(N2CCN(C(=O)Nc3ccc(F)c(Cl)c3)CC2)c1. The van der Waals surface area contributed by atoms with Crippen LogP contribution in [0.1, 0.15) is 0 Å². The van der Waals surface area contributed by atoms with Gasteiger partial charge in [0.15, 0.2) is 5.82 Å². The van der Waals surface area contributed by atoms with Gasteiger partial charge in [0.25, 0.3) is 0 Å². The summed E-state index contributed by atoms with van der Waals surface area (Å²) in [7, 11) is 3.90. The topological polar surface area (TPSA) is 64.6 Å². The number of benzene rings is 1. The van der Waals surface area contributed by atoms with Crippen LogP contribution in [0.2, 0.25) is 5.02 Å². The first-order valence-corrected chi connectivity index (χ1v) is 8.58. The number of nitrogens with one attached hydrogen (secondary N) is 1. The maximum atomic E-state index is 13.2. The Balaban J connectivity index is 1.58. The van der Waals surface area contributed by atoms with Gasteiger partial charge in [-0.2, -0.15) is 5.10 Å². The van der Waals surface area contributed by atoms with Crippen molar-refractivity contribution in [2.24, 2.45) is 0 Å². The number of amides is 2. The summed E-state index contributed by atoms with van der Waals surface area (Å²) >= 11 is 5.74. The molecule has 9 heteroatoms. The van der Waals surface area contributed by atoms with Gasteiger partial charge >= 0.3 is 6.03 Å².